The van der Waals surface area contributed by atoms with Crippen molar-refractivity contribution in [1.29, 1.82) is 0 Å². The highest BCUT2D eigenvalue weighted by Crippen LogP contribution is 2.23. The topological polar surface area (TPSA) is 55.6 Å². The molecule has 0 radical (unpaired) electrons. The number of aryl methyl sites for hydroxylation is 1. The third-order valence-corrected chi connectivity index (χ3v) is 4.22. The number of aromatic nitrogens is 4. The maximum Gasteiger partial charge on any atom is 0.148 e. The standard InChI is InChI=1S/C21H18FN5/c1-27-14-17(21(26-27)16-5-3-2-4-6-16)13-23-20-12-11-19(24-25-20)15-7-9-18(22)10-8-15/h2-12,14H,13H2,1H3,(H,23,25). The van der Waals surface area contributed by atoms with E-state index in [0.29, 0.717) is 18.1 Å². The van der Waals surface area contributed by atoms with Crippen LogP contribution in [0.4, 0.5) is 10.2 Å². The smallest absolute Gasteiger partial charge is 0.148 e. The normalized spacial score (nSPS) is 10.7. The van der Waals surface area contributed by atoms with E-state index < -0.39 is 0 Å². The molecule has 0 spiro atoms. The summed E-state index contributed by atoms with van der Waals surface area (Å²) in [5.74, 6) is 0.402. The van der Waals surface area contributed by atoms with Gasteiger partial charge < -0.3 is 5.32 Å². The van der Waals surface area contributed by atoms with Gasteiger partial charge in [0.15, 0.2) is 0 Å². The van der Waals surface area contributed by atoms with Crippen molar-refractivity contribution < 1.29 is 4.39 Å². The van der Waals surface area contributed by atoms with Gasteiger partial charge in [0.1, 0.15) is 11.6 Å². The van der Waals surface area contributed by atoms with Crippen molar-refractivity contribution in [2.45, 2.75) is 6.54 Å². The molecule has 0 bridgehead atoms. The van der Waals surface area contributed by atoms with E-state index in [1.807, 2.05) is 60.4 Å². The second-order valence-electron chi connectivity index (χ2n) is 6.21. The minimum Gasteiger partial charge on any atom is -0.364 e. The number of nitrogens with one attached hydrogen (secondary N) is 1. The highest BCUT2D eigenvalue weighted by atomic mass is 19.1. The summed E-state index contributed by atoms with van der Waals surface area (Å²) in [7, 11) is 1.91. The largest absolute Gasteiger partial charge is 0.364 e. The van der Waals surface area contributed by atoms with Crippen LogP contribution in [0.15, 0.2) is 72.9 Å². The van der Waals surface area contributed by atoms with Crippen molar-refractivity contribution in [2.75, 3.05) is 5.32 Å². The average Bonchev–Trinajstić information content (AvgIpc) is 3.09. The van der Waals surface area contributed by atoms with E-state index in [1.54, 1.807) is 12.1 Å². The zero-order chi connectivity index (χ0) is 18.6. The number of nitrogens with zero attached hydrogens (tertiary/aromatic N) is 4. The maximum atomic E-state index is 13.0. The van der Waals surface area contributed by atoms with Gasteiger partial charge in [-0.25, -0.2) is 4.39 Å². The molecule has 0 aliphatic carbocycles. The molecule has 0 amide bonds. The molecule has 134 valence electrons. The van der Waals surface area contributed by atoms with Gasteiger partial charge in [-0.2, -0.15) is 5.10 Å². The molecule has 0 saturated heterocycles. The predicted octanol–water partition coefficient (Wildman–Crippen LogP) is 4.30. The molecule has 0 atom stereocenters. The van der Waals surface area contributed by atoms with Crippen molar-refractivity contribution in [3.8, 4) is 22.5 Å². The van der Waals surface area contributed by atoms with Crippen molar-refractivity contribution >= 4 is 5.82 Å². The molecule has 0 fully saturated rings. The van der Waals surface area contributed by atoms with Crippen molar-refractivity contribution in [1.82, 2.24) is 20.0 Å². The molecule has 4 aromatic rings. The first-order chi connectivity index (χ1) is 13.2. The van der Waals surface area contributed by atoms with Gasteiger partial charge >= 0.3 is 0 Å². The van der Waals surface area contributed by atoms with Crippen LogP contribution in [0.25, 0.3) is 22.5 Å². The lowest BCUT2D eigenvalue weighted by molar-refractivity contribution is 0.628. The minimum absolute atomic E-state index is 0.268. The summed E-state index contributed by atoms with van der Waals surface area (Å²) < 4.78 is 14.8. The lowest BCUT2D eigenvalue weighted by Crippen LogP contribution is -2.03. The van der Waals surface area contributed by atoms with E-state index in [1.165, 1.54) is 12.1 Å². The summed E-state index contributed by atoms with van der Waals surface area (Å²) in [6.45, 7) is 0.586. The third kappa shape index (κ3) is 3.84. The Bertz CT molecular complexity index is 1020. The van der Waals surface area contributed by atoms with Gasteiger partial charge in [-0.1, -0.05) is 30.3 Å². The molecular weight excluding hydrogens is 341 g/mol. The molecule has 2 aromatic carbocycles. The summed E-state index contributed by atoms with van der Waals surface area (Å²) in [5.41, 5.74) is 4.63. The summed E-state index contributed by atoms with van der Waals surface area (Å²) in [6, 6.07) is 20.0. The van der Waals surface area contributed by atoms with E-state index in [4.69, 9.17) is 0 Å². The number of rotatable bonds is 5. The molecule has 0 aliphatic heterocycles. The van der Waals surface area contributed by atoms with Gasteiger partial charge in [-0.3, -0.25) is 4.68 Å². The Kier molecular flexibility index (Phi) is 4.61. The second kappa shape index (κ2) is 7.37. The Morgan fingerprint density at radius 1 is 0.889 bits per heavy atom. The van der Waals surface area contributed by atoms with Crippen LogP contribution in [-0.4, -0.2) is 20.0 Å². The van der Waals surface area contributed by atoms with E-state index in [0.717, 1.165) is 22.4 Å². The molecule has 0 unspecified atom stereocenters. The Hall–Kier alpha value is -3.54. The lowest BCUT2D eigenvalue weighted by Gasteiger charge is -2.06. The van der Waals surface area contributed by atoms with Crippen molar-refractivity contribution in [3.05, 3.63) is 84.3 Å². The SMILES string of the molecule is Cn1cc(CNc2ccc(-c3ccc(F)cc3)nn2)c(-c2ccccc2)n1. The van der Waals surface area contributed by atoms with Crippen LogP contribution in [0.5, 0.6) is 0 Å². The molecule has 0 saturated carbocycles. The van der Waals surface area contributed by atoms with E-state index in [-0.39, 0.29) is 5.82 Å². The first kappa shape index (κ1) is 16.9. The van der Waals surface area contributed by atoms with Gasteiger partial charge in [0.05, 0.1) is 11.4 Å². The number of anilines is 1. The van der Waals surface area contributed by atoms with Crippen LogP contribution in [0, 0.1) is 5.82 Å². The average molecular weight is 359 g/mol. The Balaban J connectivity index is 1.49. The van der Waals surface area contributed by atoms with E-state index in [2.05, 4.69) is 20.6 Å². The first-order valence-corrected chi connectivity index (χ1v) is 8.60. The Morgan fingerprint density at radius 3 is 2.37 bits per heavy atom. The van der Waals surface area contributed by atoms with Gasteiger partial charge in [-0.15, -0.1) is 10.2 Å². The Morgan fingerprint density at radius 2 is 1.67 bits per heavy atom. The van der Waals surface area contributed by atoms with E-state index >= 15 is 0 Å². The Labute approximate surface area is 156 Å². The van der Waals surface area contributed by atoms with Gasteiger partial charge in [0, 0.05) is 36.5 Å². The first-order valence-electron chi connectivity index (χ1n) is 8.60. The molecule has 0 aliphatic rings. The number of halogens is 1. The highest BCUT2D eigenvalue weighted by molar-refractivity contribution is 5.63. The lowest BCUT2D eigenvalue weighted by atomic mass is 10.1. The molecule has 2 heterocycles. The fourth-order valence-electron chi connectivity index (χ4n) is 2.89. The summed E-state index contributed by atoms with van der Waals surface area (Å²) in [5, 5.41) is 16.3. The zero-order valence-corrected chi connectivity index (χ0v) is 14.8. The molecule has 2 aromatic heterocycles. The third-order valence-electron chi connectivity index (χ3n) is 4.22. The number of hydrogen-bond acceptors (Lipinski definition) is 4. The predicted molar refractivity (Wildman–Crippen MR) is 103 cm³/mol. The number of benzene rings is 2. The van der Waals surface area contributed by atoms with Crippen molar-refractivity contribution in [3.63, 3.8) is 0 Å². The van der Waals surface area contributed by atoms with Gasteiger partial charge in [0.2, 0.25) is 0 Å². The van der Waals surface area contributed by atoms with E-state index in [9.17, 15) is 4.39 Å². The van der Waals surface area contributed by atoms with Crippen LogP contribution >= 0.6 is 0 Å². The van der Waals surface area contributed by atoms with Crippen LogP contribution in [0.1, 0.15) is 5.56 Å². The molecule has 1 N–H and O–H groups in total. The van der Waals surface area contributed by atoms with Crippen LogP contribution in [0.2, 0.25) is 0 Å². The van der Waals surface area contributed by atoms with Gasteiger partial charge in [-0.05, 0) is 36.4 Å². The van der Waals surface area contributed by atoms with Crippen LogP contribution in [-0.2, 0) is 13.6 Å². The molecule has 4 rings (SSSR count). The quantitative estimate of drug-likeness (QED) is 0.577. The zero-order valence-electron chi connectivity index (χ0n) is 14.8. The minimum atomic E-state index is -0.268. The fourth-order valence-corrected chi connectivity index (χ4v) is 2.89. The van der Waals surface area contributed by atoms with Crippen molar-refractivity contribution in [2.24, 2.45) is 7.05 Å². The summed E-state index contributed by atoms with van der Waals surface area (Å²) in [4.78, 5) is 0. The van der Waals surface area contributed by atoms with Crippen LogP contribution < -0.4 is 5.32 Å². The fraction of sp³-hybridized carbons (Fsp3) is 0.0952. The molecule has 6 heteroatoms. The number of hydrogen-bond donors (Lipinski definition) is 1. The summed E-state index contributed by atoms with van der Waals surface area (Å²) >= 11 is 0. The molecular formula is C21H18FN5. The maximum absolute atomic E-state index is 13.0. The highest BCUT2D eigenvalue weighted by Gasteiger charge is 2.10. The monoisotopic (exact) mass is 359 g/mol. The summed E-state index contributed by atoms with van der Waals surface area (Å²) in [6.07, 6.45) is 2.00. The molecule has 27 heavy (non-hydrogen) atoms. The molecule has 5 nitrogen and oxygen atoms in total. The second-order valence-corrected chi connectivity index (χ2v) is 6.21. The van der Waals surface area contributed by atoms with Gasteiger partial charge in [0.25, 0.3) is 0 Å². The van der Waals surface area contributed by atoms with Crippen LogP contribution in [0.3, 0.4) is 0 Å².